The van der Waals surface area contributed by atoms with Gasteiger partial charge in [0, 0.05) is 13.2 Å². The van der Waals surface area contributed by atoms with Crippen molar-refractivity contribution in [3.05, 3.63) is 0 Å². The van der Waals surface area contributed by atoms with Gasteiger partial charge in [-0.05, 0) is 25.2 Å². The van der Waals surface area contributed by atoms with Crippen molar-refractivity contribution in [1.82, 2.24) is 0 Å². The van der Waals surface area contributed by atoms with Gasteiger partial charge in [-0.3, -0.25) is 0 Å². The Labute approximate surface area is 159 Å². The second-order valence-electron chi connectivity index (χ2n) is 6.80. The van der Waals surface area contributed by atoms with Crippen LogP contribution in [-0.2, 0) is 9.47 Å². The lowest BCUT2D eigenvalue weighted by Gasteiger charge is -2.15. The number of unbranched alkanes of at least 4 members (excludes halogenated alkanes) is 6. The van der Waals surface area contributed by atoms with E-state index >= 15 is 0 Å². The van der Waals surface area contributed by atoms with Crippen LogP contribution >= 0.6 is 18.9 Å². The molecule has 0 rings (SSSR count). The molecule has 0 aromatic heterocycles. The minimum atomic E-state index is 0.161. The summed E-state index contributed by atoms with van der Waals surface area (Å²) in [6.45, 7) is 9.26. The lowest BCUT2D eigenvalue weighted by Crippen LogP contribution is -2.06. The van der Waals surface area contributed by atoms with Crippen molar-refractivity contribution >= 4 is 35.3 Å². The summed E-state index contributed by atoms with van der Waals surface area (Å²) in [5.41, 5.74) is 0. The van der Waals surface area contributed by atoms with Crippen LogP contribution in [0.25, 0.3) is 0 Å². The topological polar surface area (TPSA) is 18.5 Å². The van der Waals surface area contributed by atoms with Gasteiger partial charge >= 0.3 is 16.5 Å². The Morgan fingerprint density at radius 1 is 0.864 bits per heavy atom. The normalized spacial score (nSPS) is 13.8. The Hall–Kier alpha value is 1.42. The summed E-state index contributed by atoms with van der Waals surface area (Å²) in [6.07, 6.45) is 13.2. The van der Waals surface area contributed by atoms with E-state index in [0.29, 0.717) is 6.79 Å². The third kappa shape index (κ3) is 17.8. The van der Waals surface area contributed by atoms with Gasteiger partial charge in [0.05, 0.1) is 0 Å². The molecule has 0 spiro atoms. The highest BCUT2D eigenvalue weighted by molar-refractivity contribution is 14.1. The van der Waals surface area contributed by atoms with Gasteiger partial charge in [-0.15, -0.1) is 4.05 Å². The largest absolute Gasteiger partial charge is 0.466 e. The molecule has 2 unspecified atom stereocenters. The molecule has 0 saturated carbocycles. The zero-order valence-corrected chi connectivity index (χ0v) is 18.8. The molecule has 0 aromatic rings. The summed E-state index contributed by atoms with van der Waals surface area (Å²) < 4.78 is 12.1. The molecule has 130 valence electrons. The van der Waals surface area contributed by atoms with Gasteiger partial charge in [0.2, 0.25) is 0 Å². The quantitative estimate of drug-likeness (QED) is 0.114. The maximum absolute atomic E-state index is 5.56. The molecule has 2 atom stereocenters. The van der Waals surface area contributed by atoms with Crippen LogP contribution in [-0.4, -0.2) is 36.5 Å². The van der Waals surface area contributed by atoms with Crippen LogP contribution in [0.1, 0.15) is 85.0 Å². The van der Waals surface area contributed by atoms with Crippen molar-refractivity contribution in [3.63, 3.8) is 0 Å². The maximum Gasteiger partial charge on any atom is 0.466 e. The van der Waals surface area contributed by atoms with Crippen LogP contribution in [0.3, 0.4) is 0 Å². The predicted molar refractivity (Wildman–Crippen MR) is 107 cm³/mol. The summed E-state index contributed by atoms with van der Waals surface area (Å²) >= 11 is 2.78. The maximum atomic E-state index is 5.56. The molecule has 0 aromatic carbocycles. The number of rotatable bonds is 17. The summed E-state index contributed by atoms with van der Waals surface area (Å²) in [5.74, 6) is 0.856. The molecule has 0 saturated heterocycles. The first-order chi connectivity index (χ1) is 10.7. The number of ether oxygens (including phenoxy) is 2. The Morgan fingerprint density at radius 2 is 1.45 bits per heavy atom. The molecule has 0 bridgehead atoms. The van der Waals surface area contributed by atoms with Crippen LogP contribution in [0.4, 0.5) is 0 Å². The van der Waals surface area contributed by atoms with E-state index in [2.05, 4.69) is 39.6 Å². The molecular formula is C18H37IMgO2. The first-order valence-electron chi connectivity index (χ1n) is 9.42. The zero-order chi connectivity index (χ0) is 16.5. The minimum absolute atomic E-state index is 0.161. The highest BCUT2D eigenvalue weighted by atomic mass is 127. The fourth-order valence-electron chi connectivity index (χ4n) is 2.74. The fourth-order valence-corrected chi connectivity index (χ4v) is 4.51. The third-order valence-electron chi connectivity index (χ3n) is 4.11. The number of hydrogen-bond donors (Lipinski definition) is 0. The zero-order valence-electron chi connectivity index (χ0n) is 15.2. The minimum Gasteiger partial charge on any atom is -0.355 e. The lowest BCUT2D eigenvalue weighted by molar-refractivity contribution is -0.0561. The number of hydrogen-bond acceptors (Lipinski definition) is 2. The molecule has 0 fully saturated rings. The molecule has 4 heteroatoms. The van der Waals surface area contributed by atoms with Crippen molar-refractivity contribution in [2.45, 2.75) is 89.0 Å². The third-order valence-corrected chi connectivity index (χ3v) is 9.48. The van der Waals surface area contributed by atoms with E-state index in [1.165, 1.54) is 64.2 Å². The highest BCUT2D eigenvalue weighted by Gasteiger charge is 2.09. The first-order valence-corrected chi connectivity index (χ1v) is 15.3. The molecule has 0 aliphatic rings. The van der Waals surface area contributed by atoms with Crippen LogP contribution in [0, 0.1) is 5.92 Å². The van der Waals surface area contributed by atoms with Gasteiger partial charge in [0.25, 0.3) is 0 Å². The van der Waals surface area contributed by atoms with E-state index in [4.69, 9.17) is 9.47 Å². The second-order valence-corrected chi connectivity index (χ2v) is 11.1. The van der Waals surface area contributed by atoms with Crippen molar-refractivity contribution in [1.29, 1.82) is 0 Å². The summed E-state index contributed by atoms with van der Waals surface area (Å²) in [5, 5.41) is 0. The fraction of sp³-hybridized carbons (Fsp3) is 1.00. The Bertz CT molecular complexity index is 217. The van der Waals surface area contributed by atoms with Gasteiger partial charge in [-0.2, -0.15) is 0 Å². The Morgan fingerprint density at radius 3 is 2.09 bits per heavy atom. The highest BCUT2D eigenvalue weighted by Crippen LogP contribution is 2.21. The average molecular weight is 437 g/mol. The molecule has 0 N–H and O–H groups in total. The molecular weight excluding hydrogens is 399 g/mol. The molecule has 0 aliphatic carbocycles. The first kappa shape index (κ1) is 23.4. The standard InChI is InChI=1S/C18H37O2.HI.Mg/c1-4-6-7-8-9-10-11-15-19-17-20-16-12-14-18(3)13-5-2;;/h5,18H,4,6-17H2,1-3H3;1H;/q;;+1/p-1. The van der Waals surface area contributed by atoms with E-state index in [9.17, 15) is 0 Å². The van der Waals surface area contributed by atoms with Gasteiger partial charge in [-0.25, -0.2) is 0 Å². The monoisotopic (exact) mass is 436 g/mol. The summed E-state index contributed by atoms with van der Waals surface area (Å²) in [4.78, 5) is 0. The summed E-state index contributed by atoms with van der Waals surface area (Å²) in [7, 11) is 0. The Kier molecular flexibility index (Phi) is 20.0. The van der Waals surface area contributed by atoms with Crippen LogP contribution in [0.2, 0.25) is 4.05 Å². The van der Waals surface area contributed by atoms with E-state index in [1.807, 2.05) is 0 Å². The number of halogens is 1. The molecule has 2 nitrogen and oxygen atoms in total. The molecule has 22 heavy (non-hydrogen) atoms. The molecule has 0 radical (unpaired) electrons. The van der Waals surface area contributed by atoms with Crippen LogP contribution < -0.4 is 0 Å². The SMILES string of the molecule is CCCCCCCCCOCOCCCC(C)C[CH](C)[Mg][I]. The van der Waals surface area contributed by atoms with Gasteiger partial charge in [0.15, 0.2) is 0 Å². The van der Waals surface area contributed by atoms with Crippen molar-refractivity contribution in [2.24, 2.45) is 5.92 Å². The van der Waals surface area contributed by atoms with Gasteiger partial charge in [0.1, 0.15) is 6.79 Å². The van der Waals surface area contributed by atoms with Crippen LogP contribution in [0.5, 0.6) is 0 Å². The van der Waals surface area contributed by atoms with Gasteiger partial charge < -0.3 is 28.3 Å². The molecule has 0 heterocycles. The van der Waals surface area contributed by atoms with Gasteiger partial charge in [-0.1, -0.05) is 65.7 Å². The predicted octanol–water partition coefficient (Wildman–Crippen LogP) is 6.40. The van der Waals surface area contributed by atoms with E-state index in [0.717, 1.165) is 23.2 Å². The summed E-state index contributed by atoms with van der Waals surface area (Å²) in [6, 6.07) is 0. The van der Waals surface area contributed by atoms with Crippen molar-refractivity contribution in [2.75, 3.05) is 20.0 Å². The second kappa shape index (κ2) is 18.8. The van der Waals surface area contributed by atoms with E-state index in [1.54, 1.807) is 0 Å². The average Bonchev–Trinajstić information content (AvgIpc) is 2.51. The molecule has 0 amide bonds. The lowest BCUT2D eigenvalue weighted by atomic mass is 10.0. The Balaban J connectivity index is 3.11. The molecule has 0 aliphatic heterocycles. The van der Waals surface area contributed by atoms with E-state index in [-0.39, 0.29) is 16.5 Å². The van der Waals surface area contributed by atoms with Crippen LogP contribution in [0.15, 0.2) is 0 Å². The van der Waals surface area contributed by atoms with Crippen molar-refractivity contribution < 1.29 is 9.47 Å². The van der Waals surface area contributed by atoms with E-state index < -0.39 is 0 Å². The van der Waals surface area contributed by atoms with Crippen molar-refractivity contribution in [3.8, 4) is 0 Å². The smallest absolute Gasteiger partial charge is 0.355 e.